The summed E-state index contributed by atoms with van der Waals surface area (Å²) in [5, 5.41) is 4.88. The molecule has 2 saturated heterocycles. The van der Waals surface area contributed by atoms with Gasteiger partial charge in [-0.3, -0.25) is 29.8 Å². The molecular weight excluding hydrogens is 308 g/mol. The molecule has 4 bridgehead atoms. The standard InChI is InChI=1S/2C9H11NO2/c2*11-8-6-4-1-2-5(3-4)7(6)9(12)10-8/h2*4-7H,1-3H2,(H,10,11,12)/t2*4-,5+,6+,7-. The number of fused-ring (bicyclic) bond motifs is 10. The molecule has 4 aliphatic carbocycles. The molecule has 2 heterocycles. The summed E-state index contributed by atoms with van der Waals surface area (Å²) >= 11 is 0. The van der Waals surface area contributed by atoms with Gasteiger partial charge < -0.3 is 0 Å². The second kappa shape index (κ2) is 4.90. The first-order valence-electron chi connectivity index (χ1n) is 9.24. The summed E-state index contributed by atoms with van der Waals surface area (Å²) in [6, 6.07) is 0. The van der Waals surface area contributed by atoms with E-state index in [1.165, 1.54) is 0 Å². The van der Waals surface area contributed by atoms with Crippen LogP contribution >= 0.6 is 0 Å². The maximum absolute atomic E-state index is 11.3. The monoisotopic (exact) mass is 330 g/mol. The average Bonchev–Trinajstić information content (AvgIpc) is 3.34. The topological polar surface area (TPSA) is 92.3 Å². The van der Waals surface area contributed by atoms with Crippen LogP contribution in [0, 0.1) is 47.3 Å². The molecule has 6 aliphatic rings. The highest BCUT2D eigenvalue weighted by Crippen LogP contribution is 2.55. The lowest BCUT2D eigenvalue weighted by Gasteiger charge is -2.19. The predicted octanol–water partition coefficient (Wildman–Crippen LogP) is 0.610. The van der Waals surface area contributed by atoms with Gasteiger partial charge in [0.05, 0.1) is 23.7 Å². The minimum absolute atomic E-state index is 0.00259. The Morgan fingerprint density at radius 2 is 0.750 bits per heavy atom. The highest BCUT2D eigenvalue weighted by molar-refractivity contribution is 6.06. The van der Waals surface area contributed by atoms with E-state index in [1.807, 2.05) is 0 Å². The van der Waals surface area contributed by atoms with E-state index in [0.29, 0.717) is 23.7 Å². The van der Waals surface area contributed by atoms with Crippen LogP contribution in [0.1, 0.15) is 38.5 Å². The first-order chi connectivity index (χ1) is 11.5. The van der Waals surface area contributed by atoms with Crippen LogP contribution in [0.3, 0.4) is 0 Å². The number of hydrogen-bond donors (Lipinski definition) is 2. The molecule has 6 rings (SSSR count). The quantitative estimate of drug-likeness (QED) is 0.637. The van der Waals surface area contributed by atoms with E-state index in [1.54, 1.807) is 0 Å². The largest absolute Gasteiger partial charge is 0.296 e. The Kier molecular flexibility index (Phi) is 2.98. The summed E-state index contributed by atoms with van der Waals surface area (Å²) in [5.74, 6) is 2.28. The van der Waals surface area contributed by atoms with Crippen LogP contribution < -0.4 is 10.6 Å². The minimum atomic E-state index is -0.00259. The Hall–Kier alpha value is -1.72. The highest BCUT2D eigenvalue weighted by Gasteiger charge is 2.58. The fourth-order valence-electron chi connectivity index (χ4n) is 6.67. The van der Waals surface area contributed by atoms with Crippen molar-refractivity contribution in [3.05, 3.63) is 0 Å². The van der Waals surface area contributed by atoms with Crippen molar-refractivity contribution in [2.24, 2.45) is 47.3 Å². The average molecular weight is 330 g/mol. The third kappa shape index (κ3) is 1.82. The van der Waals surface area contributed by atoms with E-state index < -0.39 is 0 Å². The molecule has 6 heteroatoms. The normalized spacial score (nSPS) is 49.7. The Morgan fingerprint density at radius 1 is 0.500 bits per heavy atom. The van der Waals surface area contributed by atoms with Gasteiger partial charge in [0, 0.05) is 0 Å². The molecule has 4 amide bonds. The van der Waals surface area contributed by atoms with Crippen molar-refractivity contribution < 1.29 is 19.2 Å². The zero-order chi connectivity index (χ0) is 16.6. The van der Waals surface area contributed by atoms with Gasteiger partial charge in [-0.15, -0.1) is 0 Å². The molecule has 6 nitrogen and oxygen atoms in total. The van der Waals surface area contributed by atoms with Gasteiger partial charge in [-0.1, -0.05) is 0 Å². The molecule has 2 N–H and O–H groups in total. The number of imide groups is 2. The molecular formula is C18H22N2O4. The van der Waals surface area contributed by atoms with Crippen molar-refractivity contribution in [1.29, 1.82) is 0 Å². The Bertz CT molecular complexity index is 551. The predicted molar refractivity (Wildman–Crippen MR) is 81.9 cm³/mol. The summed E-state index contributed by atoms with van der Waals surface area (Å²) in [4.78, 5) is 45.3. The fourth-order valence-corrected chi connectivity index (χ4v) is 6.67. The Labute approximate surface area is 140 Å². The van der Waals surface area contributed by atoms with Gasteiger partial charge in [0.1, 0.15) is 0 Å². The number of nitrogens with one attached hydrogen (secondary N) is 2. The highest BCUT2D eigenvalue weighted by atomic mass is 16.2. The van der Waals surface area contributed by atoms with Gasteiger partial charge in [-0.2, -0.15) is 0 Å². The van der Waals surface area contributed by atoms with Crippen LogP contribution in [0.2, 0.25) is 0 Å². The molecule has 0 aromatic rings. The zero-order valence-corrected chi connectivity index (χ0v) is 13.5. The summed E-state index contributed by atoms with van der Waals surface area (Å²) in [5.41, 5.74) is 0. The number of rotatable bonds is 0. The second-order valence-electron chi connectivity index (χ2n) is 8.48. The third-order valence-electron chi connectivity index (χ3n) is 7.54. The van der Waals surface area contributed by atoms with Gasteiger partial charge in [0.25, 0.3) is 0 Å². The molecule has 8 atom stereocenters. The molecule has 4 saturated carbocycles. The second-order valence-corrected chi connectivity index (χ2v) is 8.48. The van der Waals surface area contributed by atoms with E-state index in [9.17, 15) is 19.2 Å². The maximum Gasteiger partial charge on any atom is 0.230 e. The lowest BCUT2D eigenvalue weighted by atomic mass is 9.81. The van der Waals surface area contributed by atoms with E-state index >= 15 is 0 Å². The van der Waals surface area contributed by atoms with Gasteiger partial charge in [-0.25, -0.2) is 0 Å². The van der Waals surface area contributed by atoms with E-state index in [0.717, 1.165) is 38.5 Å². The zero-order valence-electron chi connectivity index (χ0n) is 13.5. The number of carbonyl (C=O) groups excluding carboxylic acids is 4. The Balaban J connectivity index is 0.000000109. The van der Waals surface area contributed by atoms with Crippen LogP contribution in [0.4, 0.5) is 0 Å². The van der Waals surface area contributed by atoms with Crippen LogP contribution in [-0.4, -0.2) is 23.6 Å². The number of carbonyl (C=O) groups is 4. The number of hydrogen-bond acceptors (Lipinski definition) is 4. The van der Waals surface area contributed by atoms with Crippen LogP contribution in [0.15, 0.2) is 0 Å². The summed E-state index contributed by atoms with van der Waals surface area (Å²) < 4.78 is 0. The minimum Gasteiger partial charge on any atom is -0.296 e. The molecule has 2 aliphatic heterocycles. The molecule has 128 valence electrons. The van der Waals surface area contributed by atoms with Gasteiger partial charge in [0.15, 0.2) is 0 Å². The molecule has 0 aromatic carbocycles. The first-order valence-corrected chi connectivity index (χ1v) is 9.24. The third-order valence-corrected chi connectivity index (χ3v) is 7.54. The molecule has 0 radical (unpaired) electrons. The van der Waals surface area contributed by atoms with Crippen molar-refractivity contribution in [3.63, 3.8) is 0 Å². The molecule has 0 aromatic heterocycles. The number of amides is 4. The van der Waals surface area contributed by atoms with Crippen LogP contribution in [-0.2, 0) is 19.2 Å². The summed E-state index contributed by atoms with van der Waals surface area (Å²) in [6.45, 7) is 0. The van der Waals surface area contributed by atoms with Crippen LogP contribution in [0.25, 0.3) is 0 Å². The molecule has 0 spiro atoms. The van der Waals surface area contributed by atoms with Gasteiger partial charge >= 0.3 is 0 Å². The van der Waals surface area contributed by atoms with Crippen molar-refractivity contribution in [2.45, 2.75) is 38.5 Å². The summed E-state index contributed by atoms with van der Waals surface area (Å²) in [6.07, 6.45) is 6.88. The lowest BCUT2D eigenvalue weighted by molar-refractivity contribution is -0.128. The van der Waals surface area contributed by atoms with E-state index in [-0.39, 0.29) is 47.3 Å². The Morgan fingerprint density at radius 3 is 1.00 bits per heavy atom. The van der Waals surface area contributed by atoms with Crippen LogP contribution in [0.5, 0.6) is 0 Å². The molecule has 0 unspecified atom stereocenters. The first kappa shape index (κ1) is 14.6. The molecule has 6 fully saturated rings. The van der Waals surface area contributed by atoms with E-state index in [4.69, 9.17) is 0 Å². The van der Waals surface area contributed by atoms with Gasteiger partial charge in [-0.05, 0) is 62.2 Å². The molecule has 24 heavy (non-hydrogen) atoms. The van der Waals surface area contributed by atoms with Crippen molar-refractivity contribution in [1.82, 2.24) is 10.6 Å². The smallest absolute Gasteiger partial charge is 0.230 e. The van der Waals surface area contributed by atoms with Crippen molar-refractivity contribution >= 4 is 23.6 Å². The SMILES string of the molecule is O=C1NC(=O)[C@H]2[C@@H]3CC[C@@H](C3)[C@@H]12.O=C1NC(=O)[C@H]2[C@@H]3CC[C@@H](C3)[C@@H]12. The van der Waals surface area contributed by atoms with Gasteiger partial charge in [0.2, 0.25) is 23.6 Å². The summed E-state index contributed by atoms with van der Waals surface area (Å²) in [7, 11) is 0. The lowest BCUT2D eigenvalue weighted by Crippen LogP contribution is -2.24. The fraction of sp³-hybridized carbons (Fsp3) is 0.778. The van der Waals surface area contributed by atoms with E-state index in [2.05, 4.69) is 10.6 Å². The van der Waals surface area contributed by atoms with Crippen molar-refractivity contribution in [2.75, 3.05) is 0 Å². The maximum atomic E-state index is 11.3. The van der Waals surface area contributed by atoms with Crippen molar-refractivity contribution in [3.8, 4) is 0 Å².